The van der Waals surface area contributed by atoms with Crippen LogP contribution in [0.2, 0.25) is 0 Å². The highest BCUT2D eigenvalue weighted by Gasteiger charge is 2.57. The maximum Gasteiger partial charge on any atom is 0.353 e. The van der Waals surface area contributed by atoms with Crippen LogP contribution in [0.1, 0.15) is 6.92 Å². The maximum absolute atomic E-state index is 12.1. The number of fused-ring (bicyclic) bond motifs is 1. The summed E-state index contributed by atoms with van der Waals surface area (Å²) >= 11 is 1.32. The number of aromatic nitrogens is 1. The molecule has 6 nitrogen and oxygen atoms in total. The number of thioether (sulfide) groups is 1. The van der Waals surface area contributed by atoms with Gasteiger partial charge >= 0.3 is 5.97 Å². The summed E-state index contributed by atoms with van der Waals surface area (Å²) in [6.45, 7) is 2.16. The number of carboxylic acid groups (broad SMARTS) is 1. The number of β-lactam (4-membered cyclic amide) rings is 1. The van der Waals surface area contributed by atoms with E-state index in [0.717, 1.165) is 0 Å². The van der Waals surface area contributed by atoms with Crippen molar-refractivity contribution in [3.05, 3.63) is 53.3 Å². The zero-order valence-electron chi connectivity index (χ0n) is 12.5. The molecule has 1 saturated heterocycles. The van der Waals surface area contributed by atoms with Crippen LogP contribution in [0, 0.1) is 5.92 Å². The standard InChI is InChI=1S/C16H16N2O4S/c1-10(19)12-14(20)18-13(16(21)22)11(23-15(12)18)6-5-9-17-7-3-2-4-8-17/h2-8,10,12,15,19H,9H2,1H3/p+1/b6-5+/t10-,12+,15-/m1/s1. The van der Waals surface area contributed by atoms with Crippen molar-refractivity contribution >= 4 is 23.6 Å². The molecule has 3 atom stereocenters. The van der Waals surface area contributed by atoms with E-state index in [9.17, 15) is 19.8 Å². The Hall–Kier alpha value is -2.12. The zero-order valence-corrected chi connectivity index (χ0v) is 13.3. The van der Waals surface area contributed by atoms with E-state index < -0.39 is 18.0 Å². The van der Waals surface area contributed by atoms with Crippen molar-refractivity contribution < 1.29 is 24.4 Å². The average molecular weight is 333 g/mol. The van der Waals surface area contributed by atoms with Crippen LogP contribution in [-0.4, -0.2) is 38.5 Å². The van der Waals surface area contributed by atoms with Crippen LogP contribution in [0.4, 0.5) is 0 Å². The van der Waals surface area contributed by atoms with Gasteiger partial charge in [0, 0.05) is 17.0 Å². The summed E-state index contributed by atoms with van der Waals surface area (Å²) in [5.74, 6) is -1.98. The zero-order chi connectivity index (χ0) is 16.6. The summed E-state index contributed by atoms with van der Waals surface area (Å²) < 4.78 is 1.95. The van der Waals surface area contributed by atoms with Gasteiger partial charge in [-0.25, -0.2) is 9.36 Å². The molecule has 0 unspecified atom stereocenters. The molecule has 0 aromatic carbocycles. The topological polar surface area (TPSA) is 81.7 Å². The van der Waals surface area contributed by atoms with Crippen molar-refractivity contribution in [1.82, 2.24) is 4.90 Å². The molecular weight excluding hydrogens is 316 g/mol. The van der Waals surface area contributed by atoms with Gasteiger partial charge in [0.15, 0.2) is 18.9 Å². The number of aliphatic hydroxyl groups is 1. The summed E-state index contributed by atoms with van der Waals surface area (Å²) in [6.07, 6.45) is 6.64. The normalized spacial score (nSPS) is 24.8. The molecular formula is C16H17N2O4S+. The molecule has 2 N–H and O–H groups in total. The molecule has 3 rings (SSSR count). The largest absolute Gasteiger partial charge is 0.477 e. The average Bonchev–Trinajstić information content (AvgIpc) is 2.82. The van der Waals surface area contributed by atoms with Gasteiger partial charge in [0.25, 0.3) is 0 Å². The van der Waals surface area contributed by atoms with E-state index in [1.807, 2.05) is 41.2 Å². The first-order valence-electron chi connectivity index (χ1n) is 7.26. The van der Waals surface area contributed by atoms with Crippen molar-refractivity contribution in [1.29, 1.82) is 0 Å². The number of rotatable bonds is 5. The molecule has 0 aliphatic carbocycles. The Morgan fingerprint density at radius 1 is 1.43 bits per heavy atom. The molecule has 1 amide bonds. The highest BCUT2D eigenvalue weighted by molar-refractivity contribution is 8.04. The first kappa shape index (κ1) is 15.8. The fraction of sp³-hybridized carbons (Fsp3) is 0.312. The lowest BCUT2D eigenvalue weighted by Crippen LogP contribution is -2.60. The Morgan fingerprint density at radius 2 is 2.13 bits per heavy atom. The Bertz CT molecular complexity index is 699. The SMILES string of the molecule is C[C@@H](O)[C@H]1C(=O)N2C(C(=O)O)=C(/C=C/C[n+]3ccccc3)S[C@H]12. The monoisotopic (exact) mass is 333 g/mol. The lowest BCUT2D eigenvalue weighted by atomic mass is 9.92. The molecule has 120 valence electrons. The van der Waals surface area contributed by atoms with E-state index in [4.69, 9.17) is 0 Å². The van der Waals surface area contributed by atoms with Gasteiger partial charge in [-0.15, -0.1) is 0 Å². The first-order chi connectivity index (χ1) is 11.0. The summed E-state index contributed by atoms with van der Waals surface area (Å²) in [5.41, 5.74) is 0.0104. The maximum atomic E-state index is 12.1. The molecule has 0 bridgehead atoms. The third-order valence-electron chi connectivity index (χ3n) is 3.89. The number of aliphatic hydroxyl groups excluding tert-OH is 1. The van der Waals surface area contributed by atoms with Crippen molar-refractivity contribution in [2.24, 2.45) is 5.92 Å². The lowest BCUT2D eigenvalue weighted by Gasteiger charge is -2.43. The van der Waals surface area contributed by atoms with E-state index in [0.29, 0.717) is 11.4 Å². The lowest BCUT2D eigenvalue weighted by molar-refractivity contribution is -0.687. The predicted octanol–water partition coefficient (Wildman–Crippen LogP) is 0.739. The Kier molecular flexibility index (Phi) is 4.23. The van der Waals surface area contributed by atoms with Crippen LogP contribution in [0.25, 0.3) is 0 Å². The van der Waals surface area contributed by atoms with Crippen LogP contribution in [0.5, 0.6) is 0 Å². The van der Waals surface area contributed by atoms with Crippen molar-refractivity contribution in [2.75, 3.05) is 0 Å². The summed E-state index contributed by atoms with van der Waals surface area (Å²) in [5, 5.41) is 18.8. The number of carboxylic acids is 1. The van der Waals surface area contributed by atoms with Gasteiger partial charge in [-0.1, -0.05) is 17.8 Å². The Balaban J connectivity index is 1.78. The van der Waals surface area contributed by atoms with Gasteiger partial charge < -0.3 is 10.2 Å². The number of aliphatic carboxylic acids is 1. The molecule has 1 aromatic heterocycles. The number of hydrogen-bond donors (Lipinski definition) is 2. The number of allylic oxidation sites excluding steroid dienone is 2. The molecule has 0 spiro atoms. The molecule has 2 aliphatic rings. The molecule has 0 saturated carbocycles. The fourth-order valence-electron chi connectivity index (χ4n) is 2.76. The minimum atomic E-state index is -1.12. The second-order valence-corrected chi connectivity index (χ2v) is 6.63. The van der Waals surface area contributed by atoms with Gasteiger partial charge in [-0.05, 0) is 19.1 Å². The fourth-order valence-corrected chi connectivity index (χ4v) is 4.30. The molecule has 7 heteroatoms. The van der Waals surface area contributed by atoms with Crippen molar-refractivity contribution in [2.45, 2.75) is 24.9 Å². The minimum absolute atomic E-state index is 0.0104. The number of nitrogens with zero attached hydrogens (tertiary/aromatic N) is 2. The van der Waals surface area contributed by atoms with Crippen LogP contribution >= 0.6 is 11.8 Å². The summed E-state index contributed by atoms with van der Waals surface area (Å²) in [4.78, 5) is 25.4. The van der Waals surface area contributed by atoms with Gasteiger partial charge in [-0.3, -0.25) is 9.69 Å². The Labute approximate surface area is 137 Å². The number of hydrogen-bond acceptors (Lipinski definition) is 4. The van der Waals surface area contributed by atoms with Crippen LogP contribution in [0.15, 0.2) is 53.3 Å². The molecule has 3 heterocycles. The number of carbonyl (C=O) groups is 2. The third kappa shape index (κ3) is 2.77. The van der Waals surface area contributed by atoms with E-state index in [1.165, 1.54) is 16.7 Å². The summed E-state index contributed by atoms with van der Waals surface area (Å²) in [7, 11) is 0. The second-order valence-electron chi connectivity index (χ2n) is 5.48. The van der Waals surface area contributed by atoms with Crippen LogP contribution < -0.4 is 4.57 Å². The minimum Gasteiger partial charge on any atom is -0.477 e. The van der Waals surface area contributed by atoms with E-state index >= 15 is 0 Å². The van der Waals surface area contributed by atoms with E-state index in [1.54, 1.807) is 13.0 Å². The first-order valence-corrected chi connectivity index (χ1v) is 8.14. The van der Waals surface area contributed by atoms with Gasteiger partial charge in [0.1, 0.15) is 11.1 Å². The summed E-state index contributed by atoms with van der Waals surface area (Å²) in [6, 6.07) is 5.75. The number of pyridine rings is 1. The highest BCUT2D eigenvalue weighted by atomic mass is 32.2. The number of amides is 1. The number of carbonyl (C=O) groups excluding carboxylic acids is 1. The quantitative estimate of drug-likeness (QED) is 0.613. The second kappa shape index (κ2) is 6.17. The van der Waals surface area contributed by atoms with Gasteiger partial charge in [-0.2, -0.15) is 0 Å². The molecule has 2 aliphatic heterocycles. The van der Waals surface area contributed by atoms with E-state index in [-0.39, 0.29) is 17.0 Å². The van der Waals surface area contributed by atoms with Crippen molar-refractivity contribution in [3.8, 4) is 0 Å². The van der Waals surface area contributed by atoms with Crippen LogP contribution in [0.3, 0.4) is 0 Å². The third-order valence-corrected chi connectivity index (χ3v) is 5.22. The van der Waals surface area contributed by atoms with Crippen LogP contribution in [-0.2, 0) is 16.1 Å². The van der Waals surface area contributed by atoms with Gasteiger partial charge in [0.05, 0.1) is 12.0 Å². The predicted molar refractivity (Wildman–Crippen MR) is 83.8 cm³/mol. The molecule has 1 fully saturated rings. The molecule has 23 heavy (non-hydrogen) atoms. The van der Waals surface area contributed by atoms with Crippen molar-refractivity contribution in [3.63, 3.8) is 0 Å². The van der Waals surface area contributed by atoms with Gasteiger partial charge in [0.2, 0.25) is 5.91 Å². The van der Waals surface area contributed by atoms with E-state index in [2.05, 4.69) is 0 Å². The molecule has 0 radical (unpaired) electrons. The molecule has 1 aromatic rings. The highest BCUT2D eigenvalue weighted by Crippen LogP contribution is 2.50. The smallest absolute Gasteiger partial charge is 0.353 e. The Morgan fingerprint density at radius 3 is 2.74 bits per heavy atom.